The van der Waals surface area contributed by atoms with Gasteiger partial charge in [-0.1, -0.05) is 29.8 Å². The topological polar surface area (TPSA) is 20.2 Å². The normalized spacial score (nSPS) is 18.1. The Balaban J connectivity index is 2.21. The van der Waals surface area contributed by atoms with Crippen LogP contribution in [0.5, 0.6) is 0 Å². The van der Waals surface area contributed by atoms with E-state index in [-0.39, 0.29) is 6.61 Å². The van der Waals surface area contributed by atoms with Crippen molar-refractivity contribution in [1.82, 2.24) is 0 Å². The molecule has 0 aromatic heterocycles. The van der Waals surface area contributed by atoms with E-state index >= 15 is 0 Å². The number of benzene rings is 1. The van der Waals surface area contributed by atoms with Crippen LogP contribution in [0.1, 0.15) is 30.7 Å². The van der Waals surface area contributed by atoms with Crippen LogP contribution >= 0.6 is 11.6 Å². The molecule has 1 atom stereocenters. The first-order valence-electron chi connectivity index (χ1n) is 5.18. The third kappa shape index (κ3) is 2.10. The SMILES string of the molecule is OCCC(c1ccccc1Cl)C1CC1. The van der Waals surface area contributed by atoms with E-state index in [1.54, 1.807) is 0 Å². The monoisotopic (exact) mass is 210 g/mol. The summed E-state index contributed by atoms with van der Waals surface area (Å²) in [5, 5.41) is 9.87. The van der Waals surface area contributed by atoms with Gasteiger partial charge in [-0.25, -0.2) is 0 Å². The van der Waals surface area contributed by atoms with Gasteiger partial charge in [0, 0.05) is 11.6 Å². The molecule has 1 N–H and O–H groups in total. The summed E-state index contributed by atoms with van der Waals surface area (Å²) in [6.45, 7) is 0.256. The number of aliphatic hydroxyl groups excluding tert-OH is 1. The van der Waals surface area contributed by atoms with Crippen molar-refractivity contribution in [2.75, 3.05) is 6.61 Å². The highest BCUT2D eigenvalue weighted by atomic mass is 35.5. The first-order valence-corrected chi connectivity index (χ1v) is 5.56. The number of hydrogen-bond donors (Lipinski definition) is 1. The van der Waals surface area contributed by atoms with E-state index in [4.69, 9.17) is 16.7 Å². The van der Waals surface area contributed by atoms with Crippen LogP contribution in [0, 0.1) is 5.92 Å². The van der Waals surface area contributed by atoms with Crippen molar-refractivity contribution in [3.63, 3.8) is 0 Å². The molecule has 0 bridgehead atoms. The van der Waals surface area contributed by atoms with Crippen molar-refractivity contribution in [1.29, 1.82) is 0 Å². The predicted octanol–water partition coefficient (Wildman–Crippen LogP) is 3.22. The minimum atomic E-state index is 0.256. The van der Waals surface area contributed by atoms with E-state index < -0.39 is 0 Å². The predicted molar refractivity (Wildman–Crippen MR) is 58.6 cm³/mol. The summed E-state index contributed by atoms with van der Waals surface area (Å²) >= 11 is 6.14. The van der Waals surface area contributed by atoms with Crippen LogP contribution in [0.15, 0.2) is 24.3 Å². The number of aliphatic hydroxyl groups is 1. The molecule has 1 fully saturated rings. The molecule has 1 aliphatic rings. The quantitative estimate of drug-likeness (QED) is 0.809. The van der Waals surface area contributed by atoms with Crippen LogP contribution in [-0.2, 0) is 0 Å². The van der Waals surface area contributed by atoms with Crippen LogP contribution < -0.4 is 0 Å². The first-order chi connectivity index (χ1) is 6.83. The highest BCUT2D eigenvalue weighted by Crippen LogP contribution is 2.45. The maximum Gasteiger partial charge on any atom is 0.0440 e. The van der Waals surface area contributed by atoms with E-state index in [1.165, 1.54) is 18.4 Å². The Kier molecular flexibility index (Phi) is 3.09. The molecule has 0 radical (unpaired) electrons. The van der Waals surface area contributed by atoms with Crippen molar-refractivity contribution in [3.8, 4) is 0 Å². The molecule has 0 heterocycles. The van der Waals surface area contributed by atoms with Gasteiger partial charge in [0.1, 0.15) is 0 Å². The maximum atomic E-state index is 9.02. The van der Waals surface area contributed by atoms with Crippen molar-refractivity contribution in [2.45, 2.75) is 25.2 Å². The Hall–Kier alpha value is -0.530. The van der Waals surface area contributed by atoms with Gasteiger partial charge in [-0.15, -0.1) is 0 Å². The van der Waals surface area contributed by atoms with Gasteiger partial charge >= 0.3 is 0 Å². The molecule has 0 amide bonds. The molecule has 2 rings (SSSR count). The van der Waals surface area contributed by atoms with Crippen LogP contribution in [0.2, 0.25) is 5.02 Å². The summed E-state index contributed by atoms with van der Waals surface area (Å²) in [6, 6.07) is 7.99. The molecule has 1 saturated carbocycles. The fourth-order valence-electron chi connectivity index (χ4n) is 2.06. The van der Waals surface area contributed by atoms with Crippen molar-refractivity contribution in [2.24, 2.45) is 5.92 Å². The summed E-state index contributed by atoms with van der Waals surface area (Å²) in [5.41, 5.74) is 1.21. The molecule has 1 aromatic carbocycles. The van der Waals surface area contributed by atoms with E-state index in [1.807, 2.05) is 18.2 Å². The second-order valence-electron chi connectivity index (χ2n) is 3.98. The largest absolute Gasteiger partial charge is 0.396 e. The zero-order valence-electron chi connectivity index (χ0n) is 8.12. The minimum Gasteiger partial charge on any atom is -0.396 e. The molecule has 14 heavy (non-hydrogen) atoms. The summed E-state index contributed by atoms with van der Waals surface area (Å²) in [7, 11) is 0. The van der Waals surface area contributed by atoms with Crippen LogP contribution in [0.4, 0.5) is 0 Å². The molecule has 0 aliphatic heterocycles. The smallest absolute Gasteiger partial charge is 0.0440 e. The number of rotatable bonds is 4. The molecule has 0 spiro atoms. The lowest BCUT2D eigenvalue weighted by atomic mass is 9.91. The van der Waals surface area contributed by atoms with Crippen molar-refractivity contribution in [3.05, 3.63) is 34.9 Å². The van der Waals surface area contributed by atoms with Crippen molar-refractivity contribution >= 4 is 11.6 Å². The lowest BCUT2D eigenvalue weighted by Gasteiger charge is -2.16. The molecule has 1 nitrogen and oxygen atoms in total. The standard InChI is InChI=1S/C12H15ClO/c13-12-4-2-1-3-11(12)10(7-8-14)9-5-6-9/h1-4,9-10,14H,5-8H2. The van der Waals surface area contributed by atoms with Gasteiger partial charge in [0.25, 0.3) is 0 Å². The highest BCUT2D eigenvalue weighted by Gasteiger charge is 2.32. The summed E-state index contributed by atoms with van der Waals surface area (Å²) in [6.07, 6.45) is 3.42. The first kappa shape index (κ1) is 10.0. The van der Waals surface area contributed by atoms with Gasteiger partial charge in [0.05, 0.1) is 0 Å². The average molecular weight is 211 g/mol. The maximum absolute atomic E-state index is 9.02. The summed E-state index contributed by atoms with van der Waals surface area (Å²) < 4.78 is 0. The Bertz CT molecular complexity index is 307. The fourth-order valence-corrected chi connectivity index (χ4v) is 2.33. The second-order valence-corrected chi connectivity index (χ2v) is 4.38. The van der Waals surface area contributed by atoms with Gasteiger partial charge in [-0.2, -0.15) is 0 Å². The van der Waals surface area contributed by atoms with Gasteiger partial charge in [-0.3, -0.25) is 0 Å². The van der Waals surface area contributed by atoms with Crippen molar-refractivity contribution < 1.29 is 5.11 Å². The van der Waals surface area contributed by atoms with Gasteiger partial charge in [0.15, 0.2) is 0 Å². The van der Waals surface area contributed by atoms with Gasteiger partial charge < -0.3 is 5.11 Å². The third-order valence-corrected chi connectivity index (χ3v) is 3.28. The molecule has 2 heteroatoms. The lowest BCUT2D eigenvalue weighted by Crippen LogP contribution is -2.04. The average Bonchev–Trinajstić information content (AvgIpc) is 2.99. The lowest BCUT2D eigenvalue weighted by molar-refractivity contribution is 0.270. The highest BCUT2D eigenvalue weighted by molar-refractivity contribution is 6.31. The van der Waals surface area contributed by atoms with Gasteiger partial charge in [-0.05, 0) is 42.7 Å². The van der Waals surface area contributed by atoms with Crippen LogP contribution in [0.3, 0.4) is 0 Å². The molecule has 1 unspecified atom stereocenters. The summed E-state index contributed by atoms with van der Waals surface area (Å²) in [4.78, 5) is 0. The van der Waals surface area contributed by atoms with Crippen LogP contribution in [0.25, 0.3) is 0 Å². The fraction of sp³-hybridized carbons (Fsp3) is 0.500. The molecule has 1 aromatic rings. The number of hydrogen-bond acceptors (Lipinski definition) is 1. The van der Waals surface area contributed by atoms with Gasteiger partial charge in [0.2, 0.25) is 0 Å². The molecule has 0 saturated heterocycles. The zero-order chi connectivity index (χ0) is 9.97. The Labute approximate surface area is 89.7 Å². The Morgan fingerprint density at radius 1 is 1.36 bits per heavy atom. The number of halogens is 1. The molecule has 1 aliphatic carbocycles. The second kappa shape index (κ2) is 4.33. The summed E-state index contributed by atoms with van der Waals surface area (Å²) in [5.74, 6) is 1.22. The minimum absolute atomic E-state index is 0.256. The van der Waals surface area contributed by atoms with E-state index in [9.17, 15) is 0 Å². The van der Waals surface area contributed by atoms with E-state index in [0.717, 1.165) is 17.4 Å². The van der Waals surface area contributed by atoms with Crippen LogP contribution in [-0.4, -0.2) is 11.7 Å². The Morgan fingerprint density at radius 2 is 2.07 bits per heavy atom. The molecular formula is C12H15ClO. The molecular weight excluding hydrogens is 196 g/mol. The van der Waals surface area contributed by atoms with E-state index in [0.29, 0.717) is 5.92 Å². The zero-order valence-corrected chi connectivity index (χ0v) is 8.87. The Morgan fingerprint density at radius 3 is 2.64 bits per heavy atom. The van der Waals surface area contributed by atoms with E-state index in [2.05, 4.69) is 6.07 Å². The molecule has 76 valence electrons. The third-order valence-electron chi connectivity index (χ3n) is 2.94.